The fraction of sp³-hybridized carbons (Fsp3) is 0.905. The Labute approximate surface area is 162 Å². The van der Waals surface area contributed by atoms with E-state index in [-0.39, 0.29) is 6.09 Å². The molecule has 5 rings (SSSR count). The van der Waals surface area contributed by atoms with Crippen LogP contribution in [0.2, 0.25) is 0 Å². The summed E-state index contributed by atoms with van der Waals surface area (Å²) in [4.78, 5) is 31.4. The van der Waals surface area contributed by atoms with Crippen molar-refractivity contribution >= 4 is 12.0 Å². The quantitative estimate of drug-likeness (QED) is 0.759. The Morgan fingerprint density at radius 3 is 2.37 bits per heavy atom. The van der Waals surface area contributed by atoms with Crippen molar-refractivity contribution < 1.29 is 14.3 Å². The topological polar surface area (TPSA) is 53.1 Å². The van der Waals surface area contributed by atoms with Crippen LogP contribution in [0, 0.1) is 23.2 Å². The van der Waals surface area contributed by atoms with E-state index in [1.165, 1.54) is 32.1 Å². The standard InChI is InChI=1S/C21H33N3O3/c1-2-27-20(26)23-9-6-21(14-23)10-15(11-21)24-12-16-17(13-24)18(16)19(25)22-7-4-3-5-8-22/h15-18H,2-14H2,1H3/t15?,16-,17+,18?,21?. The van der Waals surface area contributed by atoms with Crippen molar-refractivity contribution in [2.75, 3.05) is 45.9 Å². The lowest BCUT2D eigenvalue weighted by atomic mass is 9.64. The number of nitrogens with zero attached hydrogens (tertiary/aromatic N) is 3. The maximum atomic E-state index is 12.7. The van der Waals surface area contributed by atoms with E-state index in [4.69, 9.17) is 4.74 Å². The van der Waals surface area contributed by atoms with E-state index in [0.717, 1.165) is 45.7 Å². The highest BCUT2D eigenvalue weighted by atomic mass is 16.6. The fourth-order valence-electron chi connectivity index (χ4n) is 6.39. The van der Waals surface area contributed by atoms with Crippen molar-refractivity contribution in [2.45, 2.75) is 51.5 Å². The number of piperidine rings is 2. The van der Waals surface area contributed by atoms with Crippen molar-refractivity contribution in [3.8, 4) is 0 Å². The molecule has 5 fully saturated rings. The second-order valence-electron chi connectivity index (χ2n) is 9.63. The van der Waals surface area contributed by atoms with Gasteiger partial charge in [-0.3, -0.25) is 9.69 Å². The van der Waals surface area contributed by atoms with Crippen LogP contribution in [0.15, 0.2) is 0 Å². The maximum absolute atomic E-state index is 12.7. The first-order valence-corrected chi connectivity index (χ1v) is 11.0. The first-order valence-electron chi connectivity index (χ1n) is 11.0. The molecule has 5 aliphatic rings. The van der Waals surface area contributed by atoms with Crippen LogP contribution in [0.4, 0.5) is 4.79 Å². The van der Waals surface area contributed by atoms with Gasteiger partial charge in [-0.1, -0.05) is 0 Å². The first kappa shape index (κ1) is 17.8. The summed E-state index contributed by atoms with van der Waals surface area (Å²) < 4.78 is 5.16. The molecular formula is C21H33N3O3. The number of amides is 2. The lowest BCUT2D eigenvalue weighted by molar-refractivity contribution is -0.134. The van der Waals surface area contributed by atoms with Crippen molar-refractivity contribution in [3.05, 3.63) is 0 Å². The number of hydrogen-bond donors (Lipinski definition) is 0. The zero-order valence-corrected chi connectivity index (χ0v) is 16.6. The lowest BCUT2D eigenvalue weighted by Crippen LogP contribution is -2.52. The third kappa shape index (κ3) is 3.04. The van der Waals surface area contributed by atoms with E-state index in [9.17, 15) is 9.59 Å². The molecule has 0 aromatic heterocycles. The third-order valence-corrected chi connectivity index (χ3v) is 7.99. The molecule has 6 nitrogen and oxygen atoms in total. The van der Waals surface area contributed by atoms with Gasteiger partial charge in [0.15, 0.2) is 0 Å². The van der Waals surface area contributed by atoms with E-state index in [0.29, 0.717) is 41.7 Å². The molecule has 1 unspecified atom stereocenters. The molecular weight excluding hydrogens is 342 g/mol. The molecule has 2 saturated carbocycles. The molecule has 3 aliphatic heterocycles. The number of rotatable bonds is 3. The summed E-state index contributed by atoms with van der Waals surface area (Å²) in [6.07, 6.45) is 7.07. The second kappa shape index (κ2) is 6.64. The summed E-state index contributed by atoms with van der Waals surface area (Å²) in [5, 5.41) is 0. The monoisotopic (exact) mass is 375 g/mol. The second-order valence-corrected chi connectivity index (χ2v) is 9.63. The van der Waals surface area contributed by atoms with Gasteiger partial charge in [0.2, 0.25) is 5.91 Å². The van der Waals surface area contributed by atoms with Crippen LogP contribution in [-0.2, 0) is 9.53 Å². The molecule has 0 bridgehead atoms. The number of fused-ring (bicyclic) bond motifs is 1. The van der Waals surface area contributed by atoms with Gasteiger partial charge >= 0.3 is 6.09 Å². The van der Waals surface area contributed by atoms with Gasteiger partial charge in [0.25, 0.3) is 0 Å². The van der Waals surface area contributed by atoms with Gasteiger partial charge in [0, 0.05) is 51.2 Å². The molecule has 0 N–H and O–H groups in total. The molecule has 3 saturated heterocycles. The maximum Gasteiger partial charge on any atom is 0.409 e. The highest BCUT2D eigenvalue weighted by molar-refractivity contribution is 5.82. The van der Waals surface area contributed by atoms with Crippen LogP contribution in [0.5, 0.6) is 0 Å². The molecule has 1 spiro atoms. The number of carbonyl (C=O) groups excluding carboxylic acids is 2. The summed E-state index contributed by atoms with van der Waals surface area (Å²) in [5.74, 6) is 2.03. The normalized spacial score (nSPS) is 40.8. The van der Waals surface area contributed by atoms with Crippen molar-refractivity contribution in [2.24, 2.45) is 23.2 Å². The highest BCUT2D eigenvalue weighted by Crippen LogP contribution is 2.57. The average molecular weight is 376 g/mol. The minimum Gasteiger partial charge on any atom is -0.450 e. The largest absolute Gasteiger partial charge is 0.450 e. The molecule has 0 aromatic carbocycles. The highest BCUT2D eigenvalue weighted by Gasteiger charge is 2.62. The Kier molecular flexibility index (Phi) is 4.37. The Bertz CT molecular complexity index is 600. The van der Waals surface area contributed by atoms with Gasteiger partial charge in [0.05, 0.1) is 6.61 Å². The molecule has 2 amide bonds. The van der Waals surface area contributed by atoms with Crippen molar-refractivity contribution in [1.82, 2.24) is 14.7 Å². The predicted molar refractivity (Wildman–Crippen MR) is 101 cm³/mol. The van der Waals surface area contributed by atoms with Gasteiger partial charge in [-0.15, -0.1) is 0 Å². The lowest BCUT2D eigenvalue weighted by Gasteiger charge is -2.49. The summed E-state index contributed by atoms with van der Waals surface area (Å²) in [6.45, 7) is 8.27. The van der Waals surface area contributed by atoms with Crippen LogP contribution in [-0.4, -0.2) is 78.6 Å². The summed E-state index contributed by atoms with van der Waals surface area (Å²) in [6, 6.07) is 0.672. The Hall–Kier alpha value is -1.30. The zero-order valence-electron chi connectivity index (χ0n) is 16.6. The number of ether oxygens (including phenoxy) is 1. The summed E-state index contributed by atoms with van der Waals surface area (Å²) in [7, 11) is 0. The molecule has 27 heavy (non-hydrogen) atoms. The predicted octanol–water partition coefficient (Wildman–Crippen LogP) is 2.19. The van der Waals surface area contributed by atoms with Gasteiger partial charge in [-0.2, -0.15) is 0 Å². The van der Waals surface area contributed by atoms with Gasteiger partial charge in [-0.25, -0.2) is 4.79 Å². The molecule has 0 radical (unpaired) electrons. The SMILES string of the molecule is CCOC(=O)N1CCC2(CC(N3C[C@@H]4C(C(=O)N5CCCCC5)[C@@H]4C3)C2)C1. The molecule has 3 atom stereocenters. The Balaban J connectivity index is 1.08. The minimum absolute atomic E-state index is 0.140. The van der Waals surface area contributed by atoms with E-state index in [1.807, 2.05) is 11.8 Å². The zero-order chi connectivity index (χ0) is 18.6. The van der Waals surface area contributed by atoms with Crippen LogP contribution in [0.25, 0.3) is 0 Å². The molecule has 2 aliphatic carbocycles. The third-order valence-electron chi connectivity index (χ3n) is 7.99. The van der Waals surface area contributed by atoms with E-state index in [1.54, 1.807) is 0 Å². The Morgan fingerprint density at radius 2 is 1.70 bits per heavy atom. The molecule has 150 valence electrons. The van der Waals surface area contributed by atoms with Gasteiger partial charge in [-0.05, 0) is 62.7 Å². The number of hydrogen-bond acceptors (Lipinski definition) is 4. The van der Waals surface area contributed by atoms with Crippen molar-refractivity contribution in [3.63, 3.8) is 0 Å². The number of likely N-dealkylation sites (tertiary alicyclic amines) is 3. The minimum atomic E-state index is -0.140. The average Bonchev–Trinajstić information content (AvgIpc) is 3.02. The van der Waals surface area contributed by atoms with Crippen LogP contribution in [0.1, 0.15) is 45.4 Å². The smallest absolute Gasteiger partial charge is 0.409 e. The summed E-state index contributed by atoms with van der Waals surface area (Å²) >= 11 is 0. The fourth-order valence-corrected chi connectivity index (χ4v) is 6.39. The van der Waals surface area contributed by atoms with Gasteiger partial charge < -0.3 is 14.5 Å². The van der Waals surface area contributed by atoms with Gasteiger partial charge in [0.1, 0.15) is 0 Å². The van der Waals surface area contributed by atoms with Crippen molar-refractivity contribution in [1.29, 1.82) is 0 Å². The van der Waals surface area contributed by atoms with Crippen LogP contribution in [0.3, 0.4) is 0 Å². The number of carbonyl (C=O) groups is 2. The molecule has 3 heterocycles. The van der Waals surface area contributed by atoms with E-state index >= 15 is 0 Å². The first-order chi connectivity index (χ1) is 13.1. The summed E-state index contributed by atoms with van der Waals surface area (Å²) in [5.41, 5.74) is 0.341. The van der Waals surface area contributed by atoms with E-state index < -0.39 is 0 Å². The molecule has 6 heteroatoms. The Morgan fingerprint density at radius 1 is 1.00 bits per heavy atom. The van der Waals surface area contributed by atoms with E-state index in [2.05, 4.69) is 9.80 Å². The molecule has 0 aromatic rings. The van der Waals surface area contributed by atoms with Crippen LogP contribution >= 0.6 is 0 Å². The van der Waals surface area contributed by atoms with Crippen LogP contribution < -0.4 is 0 Å².